The van der Waals surface area contributed by atoms with Crippen LogP contribution < -0.4 is 5.32 Å². The van der Waals surface area contributed by atoms with E-state index in [1.165, 1.54) is 12.8 Å². The van der Waals surface area contributed by atoms with Crippen LogP contribution in [0.25, 0.3) is 0 Å². The molecular weight excluding hydrogens is 248 g/mol. The van der Waals surface area contributed by atoms with Crippen LogP contribution in [0.1, 0.15) is 50.4 Å². The maximum absolute atomic E-state index is 12.4. The predicted octanol–water partition coefficient (Wildman–Crippen LogP) is 3.77. The van der Waals surface area contributed by atoms with Gasteiger partial charge in [-0.15, -0.1) is 0 Å². The normalized spacial score (nSPS) is 15.8. The summed E-state index contributed by atoms with van der Waals surface area (Å²) in [7, 11) is 0. The lowest BCUT2D eigenvalue weighted by atomic mass is 10.1. The quantitative estimate of drug-likeness (QED) is 0.821. The Kier molecular flexibility index (Phi) is 5.05. The van der Waals surface area contributed by atoms with Gasteiger partial charge in [0, 0.05) is 30.4 Å². The summed E-state index contributed by atoms with van der Waals surface area (Å²) in [5.41, 5.74) is 1.85. The Morgan fingerprint density at radius 3 is 2.55 bits per heavy atom. The highest BCUT2D eigenvalue weighted by Gasteiger charge is 2.29. The number of nitrogens with zero attached hydrogens (tertiary/aromatic N) is 1. The number of carbonyl (C=O) groups excluding carboxylic acids is 1. The molecule has 1 unspecified atom stereocenters. The van der Waals surface area contributed by atoms with E-state index in [0.29, 0.717) is 6.04 Å². The average molecular weight is 274 g/mol. The minimum absolute atomic E-state index is 0.123. The maximum Gasteiger partial charge on any atom is 0.253 e. The molecule has 0 heterocycles. The van der Waals surface area contributed by atoms with Crippen LogP contribution in [-0.4, -0.2) is 29.9 Å². The lowest BCUT2D eigenvalue weighted by Gasteiger charge is -2.21. The number of benzene rings is 1. The van der Waals surface area contributed by atoms with Gasteiger partial charge in [-0.05, 0) is 57.2 Å². The van der Waals surface area contributed by atoms with Crippen molar-refractivity contribution in [1.82, 2.24) is 4.90 Å². The molecule has 1 fully saturated rings. The predicted molar refractivity (Wildman–Crippen MR) is 84.1 cm³/mol. The minimum atomic E-state index is 0.123. The van der Waals surface area contributed by atoms with Crippen LogP contribution in [0.15, 0.2) is 24.3 Å². The van der Waals surface area contributed by atoms with Crippen LogP contribution in [0, 0.1) is 5.92 Å². The molecule has 0 spiro atoms. The largest absolute Gasteiger partial charge is 0.382 e. The molecule has 1 aromatic rings. The van der Waals surface area contributed by atoms with Crippen LogP contribution in [0.5, 0.6) is 0 Å². The van der Waals surface area contributed by atoms with Gasteiger partial charge in [0.1, 0.15) is 0 Å². The summed E-state index contributed by atoms with van der Waals surface area (Å²) < 4.78 is 0. The summed E-state index contributed by atoms with van der Waals surface area (Å²) >= 11 is 0. The molecule has 1 saturated carbocycles. The first-order valence-electron chi connectivity index (χ1n) is 7.85. The van der Waals surface area contributed by atoms with Crippen molar-refractivity contribution in [3.8, 4) is 0 Å². The molecule has 0 radical (unpaired) electrons. The highest BCUT2D eigenvalue weighted by molar-refractivity contribution is 5.95. The van der Waals surface area contributed by atoms with Crippen molar-refractivity contribution >= 4 is 11.6 Å². The molecule has 0 aromatic heterocycles. The van der Waals surface area contributed by atoms with Crippen molar-refractivity contribution in [3.05, 3.63) is 29.8 Å². The molecule has 1 aliphatic carbocycles. The number of anilines is 1. The van der Waals surface area contributed by atoms with Gasteiger partial charge in [0.25, 0.3) is 5.91 Å². The lowest BCUT2D eigenvalue weighted by molar-refractivity contribution is 0.0773. The van der Waals surface area contributed by atoms with E-state index in [1.54, 1.807) is 0 Å². The highest BCUT2D eigenvalue weighted by atomic mass is 16.2. The summed E-state index contributed by atoms with van der Waals surface area (Å²) in [6.45, 7) is 7.77. The van der Waals surface area contributed by atoms with Crippen molar-refractivity contribution in [2.75, 3.05) is 18.4 Å². The molecule has 20 heavy (non-hydrogen) atoms. The topological polar surface area (TPSA) is 32.3 Å². The van der Waals surface area contributed by atoms with E-state index in [2.05, 4.69) is 18.3 Å². The molecule has 0 bridgehead atoms. The van der Waals surface area contributed by atoms with Gasteiger partial charge in [0.05, 0.1) is 0 Å². The van der Waals surface area contributed by atoms with Crippen molar-refractivity contribution in [3.63, 3.8) is 0 Å². The summed E-state index contributed by atoms with van der Waals surface area (Å²) in [6.07, 6.45) is 3.81. The fourth-order valence-electron chi connectivity index (χ4n) is 2.70. The van der Waals surface area contributed by atoms with E-state index in [9.17, 15) is 4.79 Å². The zero-order valence-electron chi connectivity index (χ0n) is 12.9. The van der Waals surface area contributed by atoms with Crippen LogP contribution in [0.3, 0.4) is 0 Å². The second kappa shape index (κ2) is 6.78. The molecule has 1 N–H and O–H groups in total. The average Bonchev–Trinajstić information content (AvgIpc) is 3.31. The van der Waals surface area contributed by atoms with Gasteiger partial charge < -0.3 is 10.2 Å². The second-order valence-electron chi connectivity index (χ2n) is 5.55. The zero-order chi connectivity index (χ0) is 14.5. The Hall–Kier alpha value is -1.51. The molecular formula is C17H26N2O. The van der Waals surface area contributed by atoms with Crippen LogP contribution in [-0.2, 0) is 0 Å². The smallest absolute Gasteiger partial charge is 0.253 e. The van der Waals surface area contributed by atoms with Gasteiger partial charge in [-0.25, -0.2) is 0 Å². The number of amides is 1. The molecule has 1 amide bonds. The van der Waals surface area contributed by atoms with E-state index in [1.807, 2.05) is 36.9 Å². The van der Waals surface area contributed by atoms with E-state index >= 15 is 0 Å². The summed E-state index contributed by atoms with van der Waals surface area (Å²) in [5, 5.41) is 3.59. The Bertz CT molecular complexity index is 450. The Labute approximate surface area is 122 Å². The van der Waals surface area contributed by atoms with Crippen LogP contribution in [0.2, 0.25) is 0 Å². The first-order chi connectivity index (χ1) is 9.69. The van der Waals surface area contributed by atoms with Crippen molar-refractivity contribution in [2.24, 2.45) is 5.92 Å². The number of hydrogen-bond acceptors (Lipinski definition) is 2. The Morgan fingerprint density at radius 2 is 2.00 bits per heavy atom. The summed E-state index contributed by atoms with van der Waals surface area (Å²) in [4.78, 5) is 14.2. The fourth-order valence-corrected chi connectivity index (χ4v) is 2.70. The SMILES string of the molecule is CCC(Nc1cccc(C(=O)N(CC)CC)c1)C1CC1. The van der Waals surface area contributed by atoms with Gasteiger partial charge in [-0.1, -0.05) is 13.0 Å². The van der Waals surface area contributed by atoms with Crippen LogP contribution >= 0.6 is 0 Å². The Balaban J connectivity index is 2.08. The molecule has 110 valence electrons. The molecule has 1 atom stereocenters. The van der Waals surface area contributed by atoms with Crippen molar-refractivity contribution in [1.29, 1.82) is 0 Å². The first kappa shape index (κ1) is 14.9. The summed E-state index contributed by atoms with van der Waals surface area (Å²) in [5.74, 6) is 0.945. The van der Waals surface area contributed by atoms with Gasteiger partial charge in [0.2, 0.25) is 0 Å². The summed E-state index contributed by atoms with van der Waals surface area (Å²) in [6, 6.07) is 8.48. The number of carbonyl (C=O) groups is 1. The van der Waals surface area contributed by atoms with Gasteiger partial charge in [-0.3, -0.25) is 4.79 Å². The third kappa shape index (κ3) is 3.53. The van der Waals surface area contributed by atoms with Gasteiger partial charge >= 0.3 is 0 Å². The third-order valence-corrected chi connectivity index (χ3v) is 4.14. The zero-order valence-corrected chi connectivity index (χ0v) is 12.9. The molecule has 3 heteroatoms. The van der Waals surface area contributed by atoms with E-state index in [4.69, 9.17) is 0 Å². The molecule has 3 nitrogen and oxygen atoms in total. The molecule has 1 aromatic carbocycles. The van der Waals surface area contributed by atoms with Crippen molar-refractivity contribution in [2.45, 2.75) is 46.1 Å². The lowest BCUT2D eigenvalue weighted by Crippen LogP contribution is -2.30. The maximum atomic E-state index is 12.4. The molecule has 2 rings (SSSR count). The molecule has 1 aliphatic rings. The van der Waals surface area contributed by atoms with E-state index in [-0.39, 0.29) is 5.91 Å². The number of rotatable bonds is 7. The standard InChI is InChI=1S/C17H26N2O/c1-4-16(13-10-11-13)18-15-9-7-8-14(12-15)17(20)19(5-2)6-3/h7-9,12-13,16,18H,4-6,10-11H2,1-3H3. The monoisotopic (exact) mass is 274 g/mol. The number of nitrogens with one attached hydrogen (secondary N) is 1. The van der Waals surface area contributed by atoms with Crippen molar-refractivity contribution < 1.29 is 4.79 Å². The third-order valence-electron chi connectivity index (χ3n) is 4.14. The fraction of sp³-hybridized carbons (Fsp3) is 0.588. The van der Waals surface area contributed by atoms with Gasteiger partial charge in [0.15, 0.2) is 0 Å². The van der Waals surface area contributed by atoms with Gasteiger partial charge in [-0.2, -0.15) is 0 Å². The second-order valence-corrected chi connectivity index (χ2v) is 5.55. The minimum Gasteiger partial charge on any atom is -0.382 e. The molecule has 0 saturated heterocycles. The van der Waals surface area contributed by atoms with Crippen LogP contribution in [0.4, 0.5) is 5.69 Å². The van der Waals surface area contributed by atoms with E-state index < -0.39 is 0 Å². The first-order valence-corrected chi connectivity index (χ1v) is 7.85. The number of hydrogen-bond donors (Lipinski definition) is 1. The van der Waals surface area contributed by atoms with E-state index in [0.717, 1.165) is 36.7 Å². The Morgan fingerprint density at radius 1 is 1.30 bits per heavy atom. The molecule has 0 aliphatic heterocycles. The highest BCUT2D eigenvalue weighted by Crippen LogP contribution is 2.35.